The highest BCUT2D eigenvalue weighted by Gasteiger charge is 1.98. The van der Waals surface area contributed by atoms with E-state index in [-0.39, 0.29) is 0 Å². The average Bonchev–Trinajstić information content (AvgIpc) is 3.00. The Morgan fingerprint density at radius 2 is 2.25 bits per heavy atom. The molecule has 2 aromatic heterocycles. The molecule has 0 aliphatic carbocycles. The molecule has 0 radical (unpaired) electrons. The summed E-state index contributed by atoms with van der Waals surface area (Å²) in [7, 11) is 0. The molecular weight excluding hydrogens is 200 g/mol. The van der Waals surface area contributed by atoms with Gasteiger partial charge >= 0.3 is 0 Å². The third kappa shape index (κ3) is 4.77. The third-order valence-corrected chi connectivity index (χ3v) is 2.29. The molecular formula is C12H21N4+. The molecule has 2 aromatic rings. The second kappa shape index (κ2) is 7.68. The molecule has 88 valence electrons. The van der Waals surface area contributed by atoms with Crippen LogP contribution < -0.4 is 4.57 Å². The fourth-order valence-corrected chi connectivity index (χ4v) is 1.31. The minimum Gasteiger partial charge on any atom is -0.351 e. The molecule has 2 rings (SSSR count). The van der Waals surface area contributed by atoms with Crippen LogP contribution in [0.4, 0.5) is 0 Å². The van der Waals surface area contributed by atoms with Crippen LogP contribution in [0.3, 0.4) is 0 Å². The van der Waals surface area contributed by atoms with E-state index < -0.39 is 0 Å². The van der Waals surface area contributed by atoms with Crippen LogP contribution in [0.15, 0.2) is 37.4 Å². The first-order chi connectivity index (χ1) is 7.86. The Morgan fingerprint density at radius 3 is 2.69 bits per heavy atom. The summed E-state index contributed by atoms with van der Waals surface area (Å²) in [5.74, 6) is 0. The number of rotatable bonds is 4. The van der Waals surface area contributed by atoms with Crippen molar-refractivity contribution in [2.75, 3.05) is 0 Å². The lowest BCUT2D eigenvalue weighted by Crippen LogP contribution is -2.30. The predicted octanol–water partition coefficient (Wildman–Crippen LogP) is 2.01. The lowest BCUT2D eigenvalue weighted by atomic mass is 10.3. The van der Waals surface area contributed by atoms with Gasteiger partial charge in [-0.3, -0.25) is 0 Å². The first-order valence-corrected chi connectivity index (χ1v) is 5.84. The first-order valence-electron chi connectivity index (χ1n) is 5.84. The summed E-state index contributed by atoms with van der Waals surface area (Å²) in [6.07, 6.45) is 14.0. The Labute approximate surface area is 97.0 Å². The predicted molar refractivity (Wildman–Crippen MR) is 63.8 cm³/mol. The molecule has 1 N–H and O–H groups in total. The van der Waals surface area contributed by atoms with Gasteiger partial charge in [0, 0.05) is 12.4 Å². The highest BCUT2D eigenvalue weighted by molar-refractivity contribution is 4.65. The van der Waals surface area contributed by atoms with Crippen molar-refractivity contribution in [2.45, 2.75) is 39.8 Å². The van der Waals surface area contributed by atoms with Crippen LogP contribution in [-0.2, 0) is 13.1 Å². The Balaban J connectivity index is 0.000000212. The van der Waals surface area contributed by atoms with Gasteiger partial charge < -0.3 is 4.98 Å². The van der Waals surface area contributed by atoms with E-state index in [9.17, 15) is 0 Å². The van der Waals surface area contributed by atoms with E-state index in [0.29, 0.717) is 0 Å². The van der Waals surface area contributed by atoms with Gasteiger partial charge in [-0.25, -0.2) is 14.1 Å². The summed E-state index contributed by atoms with van der Waals surface area (Å²) in [5, 5.41) is 0. The highest BCUT2D eigenvalue weighted by atomic mass is 15.1. The molecule has 4 nitrogen and oxygen atoms in total. The van der Waals surface area contributed by atoms with Gasteiger partial charge in [-0.2, -0.15) is 0 Å². The summed E-state index contributed by atoms with van der Waals surface area (Å²) in [6.45, 7) is 6.60. The van der Waals surface area contributed by atoms with Crippen molar-refractivity contribution in [1.82, 2.24) is 14.5 Å². The molecule has 0 saturated carbocycles. The van der Waals surface area contributed by atoms with E-state index in [0.717, 1.165) is 13.1 Å². The van der Waals surface area contributed by atoms with Gasteiger partial charge in [-0.1, -0.05) is 13.3 Å². The average molecular weight is 221 g/mol. The van der Waals surface area contributed by atoms with Gasteiger partial charge in [0.05, 0.1) is 19.4 Å². The minimum absolute atomic E-state index is 1.07. The number of hydrogen-bond acceptors (Lipinski definition) is 1. The number of nitrogens with zero attached hydrogens (tertiary/aromatic N) is 3. The second-order valence-electron chi connectivity index (χ2n) is 3.60. The van der Waals surface area contributed by atoms with Crippen molar-refractivity contribution >= 4 is 0 Å². The smallest absolute Gasteiger partial charge is 0.243 e. The zero-order chi connectivity index (χ0) is 11.6. The summed E-state index contributed by atoms with van der Waals surface area (Å²) in [4.78, 5) is 6.42. The summed E-state index contributed by atoms with van der Waals surface area (Å²) >= 11 is 0. The number of hydrogen-bond donors (Lipinski definition) is 1. The van der Waals surface area contributed by atoms with Crippen molar-refractivity contribution in [3.05, 3.63) is 37.4 Å². The SMILES string of the molecule is CCCC[n+]1ccn(CC)c1.c1c[nH]cn1. The Bertz CT molecular complexity index is 334. The second-order valence-corrected chi connectivity index (χ2v) is 3.60. The van der Waals surface area contributed by atoms with Gasteiger partial charge in [0.2, 0.25) is 6.33 Å². The Kier molecular flexibility index (Phi) is 5.99. The molecule has 0 aliphatic heterocycles. The van der Waals surface area contributed by atoms with Gasteiger partial charge in [0.15, 0.2) is 0 Å². The van der Waals surface area contributed by atoms with E-state index in [1.807, 2.05) is 0 Å². The number of unbranched alkanes of at least 4 members (excludes halogenated alkanes) is 1. The Morgan fingerprint density at radius 1 is 1.38 bits per heavy atom. The van der Waals surface area contributed by atoms with E-state index in [4.69, 9.17) is 0 Å². The molecule has 0 spiro atoms. The third-order valence-electron chi connectivity index (χ3n) is 2.29. The number of H-pyrrole nitrogens is 1. The Hall–Kier alpha value is -1.58. The van der Waals surface area contributed by atoms with Crippen LogP contribution >= 0.6 is 0 Å². The van der Waals surface area contributed by atoms with Gasteiger partial charge in [-0.15, -0.1) is 0 Å². The van der Waals surface area contributed by atoms with Gasteiger partial charge in [0.1, 0.15) is 12.4 Å². The molecule has 0 aliphatic rings. The largest absolute Gasteiger partial charge is 0.351 e. The molecule has 4 heteroatoms. The van der Waals surface area contributed by atoms with Gasteiger partial charge in [0.25, 0.3) is 0 Å². The molecule has 16 heavy (non-hydrogen) atoms. The lowest BCUT2D eigenvalue weighted by molar-refractivity contribution is -0.696. The van der Waals surface area contributed by atoms with Crippen LogP contribution in [0.2, 0.25) is 0 Å². The molecule has 2 heterocycles. The van der Waals surface area contributed by atoms with Crippen LogP contribution in [-0.4, -0.2) is 14.5 Å². The molecule has 0 fully saturated rings. The van der Waals surface area contributed by atoms with Crippen LogP contribution in [0.5, 0.6) is 0 Å². The first kappa shape index (κ1) is 12.5. The van der Waals surface area contributed by atoms with Crippen molar-refractivity contribution < 1.29 is 4.57 Å². The van der Waals surface area contributed by atoms with Crippen molar-refractivity contribution in [3.8, 4) is 0 Å². The van der Waals surface area contributed by atoms with Crippen LogP contribution in [0.25, 0.3) is 0 Å². The lowest BCUT2D eigenvalue weighted by Gasteiger charge is -1.91. The number of imidazole rings is 2. The zero-order valence-corrected chi connectivity index (χ0v) is 10.1. The maximum Gasteiger partial charge on any atom is 0.243 e. The number of aromatic nitrogens is 4. The number of aryl methyl sites for hydroxylation is 2. The minimum atomic E-state index is 1.07. The van der Waals surface area contributed by atoms with Crippen molar-refractivity contribution in [1.29, 1.82) is 0 Å². The molecule has 0 bridgehead atoms. The fourth-order valence-electron chi connectivity index (χ4n) is 1.31. The molecule has 0 unspecified atom stereocenters. The monoisotopic (exact) mass is 221 g/mol. The van der Waals surface area contributed by atoms with E-state index in [1.54, 1.807) is 18.7 Å². The molecule has 0 aromatic carbocycles. The van der Waals surface area contributed by atoms with E-state index >= 15 is 0 Å². The maximum absolute atomic E-state index is 3.67. The number of nitrogens with one attached hydrogen (secondary N) is 1. The van der Waals surface area contributed by atoms with Crippen molar-refractivity contribution in [2.24, 2.45) is 0 Å². The maximum atomic E-state index is 3.67. The highest BCUT2D eigenvalue weighted by Crippen LogP contribution is 1.87. The summed E-state index contributed by atoms with van der Waals surface area (Å²) < 4.78 is 4.43. The normalized spacial score (nSPS) is 9.62. The number of aromatic amines is 1. The topological polar surface area (TPSA) is 37.5 Å². The van der Waals surface area contributed by atoms with E-state index in [2.05, 4.69) is 51.7 Å². The summed E-state index contributed by atoms with van der Waals surface area (Å²) in [6, 6.07) is 0. The van der Waals surface area contributed by atoms with Gasteiger partial charge in [-0.05, 0) is 13.3 Å². The van der Waals surface area contributed by atoms with Crippen molar-refractivity contribution in [3.63, 3.8) is 0 Å². The fraction of sp³-hybridized carbons (Fsp3) is 0.500. The molecule has 0 saturated heterocycles. The molecule has 0 atom stereocenters. The van der Waals surface area contributed by atoms with E-state index in [1.165, 1.54) is 12.8 Å². The van der Waals surface area contributed by atoms with Crippen LogP contribution in [0.1, 0.15) is 26.7 Å². The molecule has 0 amide bonds. The quantitative estimate of drug-likeness (QED) is 0.788. The van der Waals surface area contributed by atoms with Crippen LogP contribution in [0, 0.1) is 0 Å². The zero-order valence-electron chi connectivity index (χ0n) is 10.1. The summed E-state index contributed by atoms with van der Waals surface area (Å²) in [5.41, 5.74) is 0. The standard InChI is InChI=1S/C9H17N2.C3H4N2/c1-3-5-6-11-8-7-10(4-2)9-11;1-2-5-3-4-1/h7-9H,3-6H2,1-2H3;1-3H,(H,4,5)/q+1;.